The third-order valence-electron chi connectivity index (χ3n) is 7.52. The maximum atomic E-state index is 12.9. The lowest BCUT2D eigenvalue weighted by molar-refractivity contribution is -0.117. The van der Waals surface area contributed by atoms with E-state index in [-0.39, 0.29) is 24.3 Å². The molecule has 0 spiro atoms. The van der Waals surface area contributed by atoms with Gasteiger partial charge in [0.05, 0.1) is 17.4 Å². The van der Waals surface area contributed by atoms with Gasteiger partial charge in [-0.05, 0) is 98.3 Å². The molecule has 2 heterocycles. The Kier molecular flexibility index (Phi) is 6.55. The van der Waals surface area contributed by atoms with Gasteiger partial charge >= 0.3 is 0 Å². The van der Waals surface area contributed by atoms with Crippen molar-refractivity contribution >= 4 is 39.8 Å². The van der Waals surface area contributed by atoms with E-state index in [0.717, 1.165) is 66.7 Å². The highest BCUT2D eigenvalue weighted by Gasteiger charge is 2.29. The van der Waals surface area contributed by atoms with Crippen LogP contribution in [0.15, 0.2) is 72.9 Å². The van der Waals surface area contributed by atoms with Gasteiger partial charge in [-0.25, -0.2) is 4.68 Å². The highest BCUT2D eigenvalue weighted by Crippen LogP contribution is 2.30. The normalized spacial score (nSPS) is 16.0. The Morgan fingerprint density at radius 3 is 2.21 bits per heavy atom. The number of benzene rings is 3. The second kappa shape index (κ2) is 10.3. The molecule has 6 rings (SSSR count). The second-order valence-electron chi connectivity index (χ2n) is 10.3. The Balaban J connectivity index is 1.11. The van der Waals surface area contributed by atoms with Gasteiger partial charge in [-0.3, -0.25) is 9.59 Å². The van der Waals surface area contributed by atoms with Gasteiger partial charge in [-0.1, -0.05) is 0 Å². The molecule has 8 heteroatoms. The van der Waals surface area contributed by atoms with E-state index < -0.39 is 0 Å². The van der Waals surface area contributed by atoms with E-state index in [9.17, 15) is 14.7 Å². The number of hydrogen-bond donors (Lipinski definition) is 3. The zero-order valence-electron chi connectivity index (χ0n) is 21.1. The number of rotatable bonds is 7. The minimum absolute atomic E-state index is 0.0896. The highest BCUT2D eigenvalue weighted by molar-refractivity contribution is 6.05. The van der Waals surface area contributed by atoms with E-state index in [1.54, 1.807) is 6.20 Å². The van der Waals surface area contributed by atoms with Crippen LogP contribution in [0.25, 0.3) is 16.6 Å². The van der Waals surface area contributed by atoms with E-state index in [4.69, 9.17) is 0 Å². The molecular weight excluding hydrogens is 478 g/mol. The number of aliphatic hydroxyl groups excluding tert-OH is 1. The Bertz CT molecular complexity index is 1450. The van der Waals surface area contributed by atoms with Crippen LogP contribution in [0.5, 0.6) is 0 Å². The minimum Gasteiger partial charge on any atom is -0.396 e. The van der Waals surface area contributed by atoms with Gasteiger partial charge in [0.25, 0.3) is 5.91 Å². The summed E-state index contributed by atoms with van der Waals surface area (Å²) in [6.45, 7) is 2.10. The van der Waals surface area contributed by atoms with Gasteiger partial charge in [-0.15, -0.1) is 0 Å². The van der Waals surface area contributed by atoms with Crippen LogP contribution < -0.4 is 15.5 Å². The summed E-state index contributed by atoms with van der Waals surface area (Å²) in [5.74, 6) is 0.490. The smallest absolute Gasteiger partial charge is 0.255 e. The molecule has 38 heavy (non-hydrogen) atoms. The third kappa shape index (κ3) is 5.13. The van der Waals surface area contributed by atoms with Gasteiger partial charge in [0.2, 0.25) is 5.91 Å². The van der Waals surface area contributed by atoms with Gasteiger partial charge < -0.3 is 20.6 Å². The molecule has 4 aromatic rings. The fourth-order valence-corrected chi connectivity index (χ4v) is 4.99. The molecule has 3 N–H and O–H groups in total. The van der Waals surface area contributed by atoms with E-state index in [0.29, 0.717) is 17.2 Å². The Hall–Kier alpha value is -4.17. The lowest BCUT2D eigenvalue weighted by Gasteiger charge is -2.32. The first-order valence-electron chi connectivity index (χ1n) is 13.2. The first-order valence-corrected chi connectivity index (χ1v) is 13.2. The number of carbonyl (C=O) groups excluding carboxylic acids is 2. The number of anilines is 3. The number of fused-ring (bicyclic) bond motifs is 1. The van der Waals surface area contributed by atoms with Crippen molar-refractivity contribution in [3.63, 3.8) is 0 Å². The average Bonchev–Trinajstić information content (AvgIpc) is 3.73. The molecule has 1 aliphatic carbocycles. The Labute approximate surface area is 221 Å². The number of amides is 2. The summed E-state index contributed by atoms with van der Waals surface area (Å²) in [6, 6.07) is 21.1. The summed E-state index contributed by atoms with van der Waals surface area (Å²) in [4.78, 5) is 27.2. The molecule has 2 amide bonds. The third-order valence-corrected chi connectivity index (χ3v) is 7.52. The number of piperidine rings is 1. The number of carbonyl (C=O) groups is 2. The predicted octanol–water partition coefficient (Wildman–Crippen LogP) is 4.84. The number of aliphatic hydroxyl groups is 1. The van der Waals surface area contributed by atoms with Crippen molar-refractivity contribution in [1.82, 2.24) is 9.78 Å². The Morgan fingerprint density at radius 2 is 1.53 bits per heavy atom. The highest BCUT2D eigenvalue weighted by atomic mass is 16.3. The molecule has 1 aliphatic heterocycles. The minimum atomic E-state index is -0.161. The van der Waals surface area contributed by atoms with Crippen LogP contribution in [0.2, 0.25) is 0 Å². The quantitative estimate of drug-likeness (QED) is 0.331. The van der Waals surface area contributed by atoms with E-state index in [1.165, 1.54) is 0 Å². The molecular formula is C30H31N5O3. The Morgan fingerprint density at radius 1 is 0.842 bits per heavy atom. The van der Waals surface area contributed by atoms with Crippen LogP contribution >= 0.6 is 0 Å². The maximum Gasteiger partial charge on any atom is 0.255 e. The van der Waals surface area contributed by atoms with E-state index >= 15 is 0 Å². The first-order chi connectivity index (χ1) is 18.6. The molecule has 1 saturated carbocycles. The molecule has 0 atom stereocenters. The molecule has 3 aromatic carbocycles. The molecule has 0 bridgehead atoms. The molecule has 1 aromatic heterocycles. The largest absolute Gasteiger partial charge is 0.396 e. The fourth-order valence-electron chi connectivity index (χ4n) is 4.99. The molecule has 194 valence electrons. The van der Waals surface area contributed by atoms with E-state index in [1.807, 2.05) is 71.4 Å². The molecule has 1 saturated heterocycles. The molecule has 8 nitrogen and oxygen atoms in total. The zero-order chi connectivity index (χ0) is 26.1. The van der Waals surface area contributed by atoms with Crippen molar-refractivity contribution in [2.75, 3.05) is 35.2 Å². The number of hydrogen-bond acceptors (Lipinski definition) is 5. The second-order valence-corrected chi connectivity index (χ2v) is 10.3. The van der Waals surface area contributed by atoms with Gasteiger partial charge in [0, 0.05) is 53.6 Å². The fraction of sp³-hybridized carbons (Fsp3) is 0.300. The number of aromatic nitrogens is 2. The van der Waals surface area contributed by atoms with Gasteiger partial charge in [-0.2, -0.15) is 5.10 Å². The summed E-state index contributed by atoms with van der Waals surface area (Å²) < 4.78 is 1.84. The maximum absolute atomic E-state index is 12.9. The molecule has 0 unspecified atom stereocenters. The van der Waals surface area contributed by atoms with Crippen molar-refractivity contribution < 1.29 is 14.7 Å². The van der Waals surface area contributed by atoms with Crippen LogP contribution in [-0.4, -0.2) is 46.4 Å². The predicted molar refractivity (Wildman–Crippen MR) is 149 cm³/mol. The zero-order valence-corrected chi connectivity index (χ0v) is 21.1. The van der Waals surface area contributed by atoms with E-state index in [2.05, 4.69) is 20.6 Å². The molecule has 2 fully saturated rings. The monoisotopic (exact) mass is 509 g/mol. The van der Waals surface area contributed by atoms with Gasteiger partial charge in [0.1, 0.15) is 0 Å². The topological polar surface area (TPSA) is 99.5 Å². The van der Waals surface area contributed by atoms with Crippen molar-refractivity contribution in [3.05, 3.63) is 78.5 Å². The van der Waals surface area contributed by atoms with Crippen LogP contribution in [0.4, 0.5) is 17.1 Å². The van der Waals surface area contributed by atoms with Crippen LogP contribution in [0, 0.1) is 11.8 Å². The molecule has 0 radical (unpaired) electrons. The lowest BCUT2D eigenvalue weighted by atomic mass is 9.97. The summed E-state index contributed by atoms with van der Waals surface area (Å²) >= 11 is 0. The van der Waals surface area contributed by atoms with Crippen LogP contribution in [0.1, 0.15) is 36.0 Å². The summed E-state index contributed by atoms with van der Waals surface area (Å²) in [7, 11) is 0. The summed E-state index contributed by atoms with van der Waals surface area (Å²) in [5, 5.41) is 20.7. The van der Waals surface area contributed by atoms with Crippen molar-refractivity contribution in [3.8, 4) is 5.69 Å². The first kappa shape index (κ1) is 24.2. The molecule has 2 aliphatic rings. The summed E-state index contributed by atoms with van der Waals surface area (Å²) in [5.41, 5.74) is 5.00. The van der Waals surface area contributed by atoms with Crippen molar-refractivity contribution in [2.45, 2.75) is 25.7 Å². The lowest BCUT2D eigenvalue weighted by Crippen LogP contribution is -2.34. The van der Waals surface area contributed by atoms with Crippen molar-refractivity contribution in [2.24, 2.45) is 11.8 Å². The number of nitrogens with one attached hydrogen (secondary N) is 2. The van der Waals surface area contributed by atoms with Gasteiger partial charge in [0.15, 0.2) is 0 Å². The average molecular weight is 510 g/mol. The SMILES string of the molecule is O=C(Nc1ccc2c(cnn2-c2ccc(NC(=O)C3CC3)cc2)c1)c1ccc(N2CCC(CO)CC2)cc1. The number of nitrogens with zero attached hydrogens (tertiary/aromatic N) is 3. The van der Waals surface area contributed by atoms with Crippen LogP contribution in [-0.2, 0) is 4.79 Å². The standard InChI is InChI=1S/C30H31N5O3/c36-19-20-13-15-34(16-14-20)26-8-3-22(4-9-26)30(38)33-25-7-12-28-23(17-25)18-31-35(28)27-10-5-24(6-11-27)32-29(37)21-1-2-21/h3-12,17-18,20-21,36H,1-2,13-16,19H2,(H,32,37)(H,33,38). The summed E-state index contributed by atoms with van der Waals surface area (Å²) in [6.07, 6.45) is 5.71. The van der Waals surface area contributed by atoms with Crippen LogP contribution in [0.3, 0.4) is 0 Å². The van der Waals surface area contributed by atoms with Crippen molar-refractivity contribution in [1.29, 1.82) is 0 Å².